The summed E-state index contributed by atoms with van der Waals surface area (Å²) in [6, 6.07) is 7.17. The van der Waals surface area contributed by atoms with Crippen LogP contribution < -0.4 is 4.57 Å². The molecule has 0 spiro atoms. The lowest BCUT2D eigenvalue weighted by molar-refractivity contribution is -0.636. The molecule has 0 atom stereocenters. The standard InChI is InChI=1S/C16H14N5/c1-19-14-11(6-4-8-18-14)13-16(19)20(2)15-12-10(9-21(13)15)5-3-7-17-12/h3-8H,9H2,1-2H3/q+1/i1D3,2D3. The summed E-state index contributed by atoms with van der Waals surface area (Å²) in [5.41, 5.74) is 2.33. The van der Waals surface area contributed by atoms with Crippen molar-refractivity contribution in [1.29, 1.82) is 0 Å². The van der Waals surface area contributed by atoms with Crippen LogP contribution in [-0.2, 0) is 20.5 Å². The third-order valence-corrected chi connectivity index (χ3v) is 4.06. The van der Waals surface area contributed by atoms with Gasteiger partial charge in [0, 0.05) is 18.0 Å². The van der Waals surface area contributed by atoms with Crippen LogP contribution in [0, 0.1) is 0 Å². The summed E-state index contributed by atoms with van der Waals surface area (Å²) in [5, 5.41) is 0.598. The van der Waals surface area contributed by atoms with Crippen molar-refractivity contribution in [3.8, 4) is 11.5 Å². The van der Waals surface area contributed by atoms with Crippen LogP contribution in [0.4, 0.5) is 0 Å². The van der Waals surface area contributed by atoms with Crippen molar-refractivity contribution >= 4 is 22.2 Å². The monoisotopic (exact) mass is 282 g/mol. The Morgan fingerprint density at radius 3 is 3.05 bits per heavy atom. The summed E-state index contributed by atoms with van der Waals surface area (Å²) in [6.45, 7) is -4.75. The van der Waals surface area contributed by atoms with Gasteiger partial charge in [0.05, 0.1) is 34.1 Å². The van der Waals surface area contributed by atoms with E-state index in [4.69, 9.17) is 8.22 Å². The van der Waals surface area contributed by atoms with E-state index in [2.05, 4.69) is 9.97 Å². The summed E-state index contributed by atoms with van der Waals surface area (Å²) in [5.74, 6) is 0.388. The first kappa shape index (κ1) is 6.85. The van der Waals surface area contributed by atoms with E-state index >= 15 is 0 Å². The fraction of sp³-hybridized carbons (Fsp3) is 0.188. The number of pyridine rings is 2. The number of aromatic nitrogens is 5. The second kappa shape index (κ2) is 3.49. The lowest BCUT2D eigenvalue weighted by Crippen LogP contribution is -2.31. The molecular weight excluding hydrogens is 262 g/mol. The zero-order valence-electron chi connectivity index (χ0n) is 16.9. The second-order valence-corrected chi connectivity index (χ2v) is 5.14. The average molecular weight is 282 g/mol. The van der Waals surface area contributed by atoms with Gasteiger partial charge in [0.2, 0.25) is 5.65 Å². The Morgan fingerprint density at radius 2 is 2.14 bits per heavy atom. The van der Waals surface area contributed by atoms with E-state index in [1.165, 1.54) is 6.20 Å². The quantitative estimate of drug-likeness (QED) is 0.406. The molecule has 0 aliphatic carbocycles. The Balaban J connectivity index is 2.07. The highest BCUT2D eigenvalue weighted by Gasteiger charge is 2.35. The van der Waals surface area contributed by atoms with Gasteiger partial charge in [-0.1, -0.05) is 6.07 Å². The topological polar surface area (TPSA) is 39.5 Å². The average Bonchev–Trinajstić information content (AvgIpc) is 3.18. The van der Waals surface area contributed by atoms with E-state index in [1.807, 2.05) is 10.6 Å². The van der Waals surface area contributed by atoms with Gasteiger partial charge in [-0.3, -0.25) is 0 Å². The molecule has 0 radical (unpaired) electrons. The molecule has 4 aromatic heterocycles. The Hall–Kier alpha value is -2.69. The molecule has 0 amide bonds. The number of aryl methyl sites for hydroxylation is 2. The smallest absolute Gasteiger partial charge is 0.249 e. The van der Waals surface area contributed by atoms with E-state index in [0.717, 1.165) is 14.7 Å². The molecule has 5 nitrogen and oxygen atoms in total. The largest absolute Gasteiger partial charge is 0.270 e. The van der Waals surface area contributed by atoms with Crippen LogP contribution in [0.5, 0.6) is 0 Å². The van der Waals surface area contributed by atoms with E-state index in [-0.39, 0.29) is 11.3 Å². The summed E-state index contributed by atoms with van der Waals surface area (Å²) < 4.78 is 52.2. The van der Waals surface area contributed by atoms with Gasteiger partial charge in [0.25, 0.3) is 11.5 Å². The van der Waals surface area contributed by atoms with Gasteiger partial charge in [0.15, 0.2) is 5.52 Å². The molecule has 0 saturated carbocycles. The number of fused-ring (bicyclic) bond motifs is 7. The molecule has 21 heavy (non-hydrogen) atoms. The summed E-state index contributed by atoms with van der Waals surface area (Å²) in [7, 11) is 0. The van der Waals surface area contributed by atoms with Crippen LogP contribution in [0.1, 0.15) is 13.8 Å². The first-order valence-corrected chi connectivity index (χ1v) is 6.58. The predicted molar refractivity (Wildman–Crippen MR) is 79.7 cm³/mol. The fourth-order valence-corrected chi connectivity index (χ4v) is 3.21. The first-order chi connectivity index (χ1) is 12.7. The van der Waals surface area contributed by atoms with Crippen LogP contribution in [0.2, 0.25) is 0 Å². The SMILES string of the molecule is [2H]C([2H])([2H])n1c2ncccc2c2c1[n+](C([2H])([2H])[2H])c1n2Cc2cccnc2-1. The molecule has 102 valence electrons. The Morgan fingerprint density at radius 1 is 1.24 bits per heavy atom. The zero-order chi connectivity index (χ0) is 19.1. The van der Waals surface area contributed by atoms with Crippen molar-refractivity contribution in [3.05, 3.63) is 42.2 Å². The molecule has 0 unspecified atom stereocenters. The summed E-state index contributed by atoms with van der Waals surface area (Å²) >= 11 is 0. The Labute approximate surface area is 129 Å². The first-order valence-electron chi connectivity index (χ1n) is 9.58. The normalized spacial score (nSPS) is 18.5. The van der Waals surface area contributed by atoms with Crippen LogP contribution in [0.15, 0.2) is 36.7 Å². The van der Waals surface area contributed by atoms with Crippen LogP contribution in [-0.4, -0.2) is 19.1 Å². The highest BCUT2D eigenvalue weighted by molar-refractivity contribution is 6.03. The molecule has 1 aliphatic heterocycles. The van der Waals surface area contributed by atoms with Crippen LogP contribution in [0.25, 0.3) is 33.7 Å². The molecule has 1 aliphatic rings. The van der Waals surface area contributed by atoms with Crippen molar-refractivity contribution in [2.24, 2.45) is 14.0 Å². The van der Waals surface area contributed by atoms with E-state index in [1.54, 1.807) is 24.4 Å². The summed E-state index contributed by atoms with van der Waals surface area (Å²) in [4.78, 5) is 8.60. The highest BCUT2D eigenvalue weighted by atomic mass is 15.3. The zero-order valence-corrected chi connectivity index (χ0v) is 10.9. The van der Waals surface area contributed by atoms with Gasteiger partial charge in [-0.2, -0.15) is 0 Å². The fourth-order valence-electron chi connectivity index (χ4n) is 3.21. The number of nitrogens with zero attached hydrogens (tertiary/aromatic N) is 5. The molecule has 0 bridgehead atoms. The number of hydrogen-bond donors (Lipinski definition) is 0. The van der Waals surface area contributed by atoms with Gasteiger partial charge >= 0.3 is 0 Å². The molecule has 5 heterocycles. The van der Waals surface area contributed by atoms with Crippen molar-refractivity contribution in [2.75, 3.05) is 0 Å². The highest BCUT2D eigenvalue weighted by Crippen LogP contribution is 2.35. The minimum absolute atomic E-state index is 0.106. The molecule has 0 fully saturated rings. The maximum Gasteiger partial charge on any atom is 0.270 e. The lowest BCUT2D eigenvalue weighted by Gasteiger charge is -1.97. The molecule has 0 N–H and O–H groups in total. The Kier molecular flexibility index (Phi) is 1.14. The van der Waals surface area contributed by atoms with Crippen molar-refractivity contribution < 1.29 is 12.8 Å². The van der Waals surface area contributed by atoms with Crippen LogP contribution >= 0.6 is 0 Å². The lowest BCUT2D eigenvalue weighted by atomic mass is 10.2. The number of rotatable bonds is 0. The van der Waals surface area contributed by atoms with Gasteiger partial charge in [-0.05, 0) is 18.2 Å². The predicted octanol–water partition coefficient (Wildman–Crippen LogP) is 1.78. The maximum atomic E-state index is 8.09. The minimum atomic E-state index is -2.59. The van der Waals surface area contributed by atoms with Gasteiger partial charge in [-0.15, -0.1) is 0 Å². The van der Waals surface area contributed by atoms with E-state index in [9.17, 15) is 0 Å². The molecule has 0 saturated heterocycles. The van der Waals surface area contributed by atoms with Crippen molar-refractivity contribution in [1.82, 2.24) is 19.1 Å². The van der Waals surface area contributed by atoms with Gasteiger partial charge in [0.1, 0.15) is 5.69 Å². The third kappa shape index (κ3) is 1.15. The molecule has 4 aromatic rings. The maximum absolute atomic E-state index is 8.09. The van der Waals surface area contributed by atoms with Crippen molar-refractivity contribution in [2.45, 2.75) is 6.54 Å². The second-order valence-electron chi connectivity index (χ2n) is 5.14. The van der Waals surface area contributed by atoms with E-state index in [0.29, 0.717) is 29.0 Å². The molecular formula is C16H14N5+. The Bertz CT molecular complexity index is 1230. The minimum Gasteiger partial charge on any atom is -0.249 e. The van der Waals surface area contributed by atoms with E-state index < -0.39 is 14.0 Å². The number of imidazole rings is 1. The van der Waals surface area contributed by atoms with Gasteiger partial charge in [-0.25, -0.2) is 23.7 Å². The molecule has 0 aromatic carbocycles. The summed E-state index contributed by atoms with van der Waals surface area (Å²) in [6.07, 6.45) is 3.11. The number of hydrogen-bond acceptors (Lipinski definition) is 2. The third-order valence-electron chi connectivity index (χ3n) is 4.06. The van der Waals surface area contributed by atoms with Crippen molar-refractivity contribution in [3.63, 3.8) is 0 Å². The van der Waals surface area contributed by atoms with Gasteiger partial charge < -0.3 is 0 Å². The molecule has 5 heteroatoms. The van der Waals surface area contributed by atoms with Crippen LogP contribution in [0.3, 0.4) is 0 Å². The molecule has 5 rings (SSSR count).